The SMILES string of the molecule is CCC(C)(C)c1ccc2c(c1)[nH]c1ccccc12. The topological polar surface area (TPSA) is 15.8 Å². The molecule has 92 valence electrons. The molecule has 0 unspecified atom stereocenters. The minimum Gasteiger partial charge on any atom is -0.355 e. The zero-order chi connectivity index (χ0) is 12.8. The second kappa shape index (κ2) is 3.88. The number of benzene rings is 2. The molecule has 18 heavy (non-hydrogen) atoms. The lowest BCUT2D eigenvalue weighted by Crippen LogP contribution is -2.14. The van der Waals surface area contributed by atoms with E-state index in [1.54, 1.807) is 0 Å². The third-order valence-corrected chi connectivity index (χ3v) is 4.17. The highest BCUT2D eigenvalue weighted by atomic mass is 14.7. The van der Waals surface area contributed by atoms with Gasteiger partial charge in [-0.3, -0.25) is 0 Å². The van der Waals surface area contributed by atoms with E-state index in [4.69, 9.17) is 0 Å². The Hall–Kier alpha value is -1.76. The number of aromatic nitrogens is 1. The number of nitrogens with one attached hydrogen (secondary N) is 1. The largest absolute Gasteiger partial charge is 0.355 e. The Morgan fingerprint density at radius 3 is 2.44 bits per heavy atom. The van der Waals surface area contributed by atoms with E-state index in [1.165, 1.54) is 27.4 Å². The van der Waals surface area contributed by atoms with Crippen LogP contribution in [-0.2, 0) is 5.41 Å². The van der Waals surface area contributed by atoms with Crippen molar-refractivity contribution in [3.8, 4) is 0 Å². The first-order valence-electron chi connectivity index (χ1n) is 6.63. The summed E-state index contributed by atoms with van der Waals surface area (Å²) < 4.78 is 0. The van der Waals surface area contributed by atoms with Crippen LogP contribution in [0.1, 0.15) is 32.8 Å². The Morgan fingerprint density at radius 1 is 0.944 bits per heavy atom. The van der Waals surface area contributed by atoms with Crippen molar-refractivity contribution in [3.63, 3.8) is 0 Å². The lowest BCUT2D eigenvalue weighted by atomic mass is 9.82. The van der Waals surface area contributed by atoms with Gasteiger partial charge in [-0.2, -0.15) is 0 Å². The highest BCUT2D eigenvalue weighted by Crippen LogP contribution is 2.32. The summed E-state index contributed by atoms with van der Waals surface area (Å²) in [6.45, 7) is 6.85. The molecule has 0 aliphatic rings. The molecule has 1 nitrogen and oxygen atoms in total. The van der Waals surface area contributed by atoms with Gasteiger partial charge in [-0.05, 0) is 29.5 Å². The number of para-hydroxylation sites is 1. The summed E-state index contributed by atoms with van der Waals surface area (Å²) in [4.78, 5) is 3.51. The molecule has 0 bridgehead atoms. The Kier molecular flexibility index (Phi) is 2.44. The molecule has 0 radical (unpaired) electrons. The molecule has 0 amide bonds. The normalized spacial score (nSPS) is 12.4. The first-order valence-corrected chi connectivity index (χ1v) is 6.63. The first kappa shape index (κ1) is 11.3. The minimum absolute atomic E-state index is 0.242. The van der Waals surface area contributed by atoms with Crippen LogP contribution in [0.15, 0.2) is 42.5 Å². The molecule has 0 aliphatic heterocycles. The van der Waals surface area contributed by atoms with Crippen molar-refractivity contribution in [2.24, 2.45) is 0 Å². The number of H-pyrrole nitrogens is 1. The van der Waals surface area contributed by atoms with Crippen molar-refractivity contribution in [3.05, 3.63) is 48.0 Å². The van der Waals surface area contributed by atoms with Crippen LogP contribution in [0.5, 0.6) is 0 Å². The van der Waals surface area contributed by atoms with Gasteiger partial charge >= 0.3 is 0 Å². The molecule has 3 rings (SSSR count). The van der Waals surface area contributed by atoms with Crippen molar-refractivity contribution < 1.29 is 0 Å². The summed E-state index contributed by atoms with van der Waals surface area (Å²) in [6, 6.07) is 15.3. The maximum absolute atomic E-state index is 3.51. The molecule has 0 spiro atoms. The fraction of sp³-hybridized carbons (Fsp3) is 0.294. The number of hydrogen-bond donors (Lipinski definition) is 1. The summed E-state index contributed by atoms with van der Waals surface area (Å²) in [6.07, 6.45) is 1.15. The number of fused-ring (bicyclic) bond motifs is 3. The average Bonchev–Trinajstić information content (AvgIpc) is 2.76. The molecule has 1 aromatic heterocycles. The second-order valence-corrected chi connectivity index (χ2v) is 5.67. The standard InChI is InChI=1S/C17H19N/c1-4-17(2,3)12-9-10-14-13-7-5-6-8-15(13)18-16(14)11-12/h5-11,18H,4H2,1-3H3. The van der Waals surface area contributed by atoms with Crippen LogP contribution in [0, 0.1) is 0 Å². The van der Waals surface area contributed by atoms with Gasteiger partial charge in [0.05, 0.1) is 0 Å². The van der Waals surface area contributed by atoms with E-state index in [2.05, 4.69) is 68.2 Å². The fourth-order valence-electron chi connectivity index (χ4n) is 2.48. The summed E-state index contributed by atoms with van der Waals surface area (Å²) in [5.41, 5.74) is 4.11. The number of hydrogen-bond acceptors (Lipinski definition) is 0. The third-order valence-electron chi connectivity index (χ3n) is 4.17. The van der Waals surface area contributed by atoms with Crippen molar-refractivity contribution in [1.82, 2.24) is 4.98 Å². The summed E-state index contributed by atoms with van der Waals surface area (Å²) in [5.74, 6) is 0. The minimum atomic E-state index is 0.242. The highest BCUT2D eigenvalue weighted by molar-refractivity contribution is 6.07. The van der Waals surface area contributed by atoms with Gasteiger partial charge in [0.2, 0.25) is 0 Å². The molecule has 1 heteroatoms. The maximum Gasteiger partial charge on any atom is 0.0467 e. The van der Waals surface area contributed by atoms with E-state index < -0.39 is 0 Å². The monoisotopic (exact) mass is 237 g/mol. The van der Waals surface area contributed by atoms with Gasteiger partial charge in [0.25, 0.3) is 0 Å². The molecule has 0 aliphatic carbocycles. The molecule has 3 aromatic rings. The zero-order valence-electron chi connectivity index (χ0n) is 11.2. The maximum atomic E-state index is 3.51. The molecule has 1 heterocycles. The molecule has 0 fully saturated rings. The van der Waals surface area contributed by atoms with Crippen molar-refractivity contribution >= 4 is 21.8 Å². The fourth-order valence-corrected chi connectivity index (χ4v) is 2.48. The number of aromatic amines is 1. The zero-order valence-corrected chi connectivity index (χ0v) is 11.2. The van der Waals surface area contributed by atoms with Crippen LogP contribution >= 0.6 is 0 Å². The van der Waals surface area contributed by atoms with Gasteiger partial charge in [-0.15, -0.1) is 0 Å². The first-order chi connectivity index (χ1) is 8.62. The van der Waals surface area contributed by atoms with E-state index in [0.717, 1.165) is 6.42 Å². The van der Waals surface area contributed by atoms with Gasteiger partial charge in [0.15, 0.2) is 0 Å². The predicted molar refractivity (Wildman–Crippen MR) is 79.1 cm³/mol. The van der Waals surface area contributed by atoms with Gasteiger partial charge < -0.3 is 4.98 Å². The molecule has 2 aromatic carbocycles. The second-order valence-electron chi connectivity index (χ2n) is 5.67. The smallest absolute Gasteiger partial charge is 0.0467 e. The van der Waals surface area contributed by atoms with E-state index >= 15 is 0 Å². The third kappa shape index (κ3) is 1.62. The summed E-state index contributed by atoms with van der Waals surface area (Å²) in [5, 5.41) is 2.63. The van der Waals surface area contributed by atoms with Gasteiger partial charge in [-0.1, -0.05) is 51.1 Å². The van der Waals surface area contributed by atoms with Crippen molar-refractivity contribution in [2.45, 2.75) is 32.6 Å². The molecule has 0 saturated carbocycles. The van der Waals surface area contributed by atoms with Crippen LogP contribution in [0.25, 0.3) is 21.8 Å². The summed E-state index contributed by atoms with van der Waals surface area (Å²) in [7, 11) is 0. The van der Waals surface area contributed by atoms with E-state index in [0.29, 0.717) is 0 Å². The predicted octanol–water partition coefficient (Wildman–Crippen LogP) is 5.01. The lowest BCUT2D eigenvalue weighted by molar-refractivity contribution is 0.507. The lowest BCUT2D eigenvalue weighted by Gasteiger charge is -2.23. The van der Waals surface area contributed by atoms with Crippen LogP contribution in [-0.4, -0.2) is 4.98 Å². The molecular weight excluding hydrogens is 218 g/mol. The summed E-state index contributed by atoms with van der Waals surface area (Å²) >= 11 is 0. The van der Waals surface area contributed by atoms with E-state index in [1.807, 2.05) is 0 Å². The Morgan fingerprint density at radius 2 is 1.67 bits per heavy atom. The Balaban J connectivity index is 2.27. The van der Waals surface area contributed by atoms with Crippen LogP contribution in [0.4, 0.5) is 0 Å². The molecule has 0 atom stereocenters. The Labute approximate surface area is 108 Å². The van der Waals surface area contributed by atoms with E-state index in [9.17, 15) is 0 Å². The van der Waals surface area contributed by atoms with Crippen LogP contribution in [0.3, 0.4) is 0 Å². The van der Waals surface area contributed by atoms with Crippen molar-refractivity contribution in [1.29, 1.82) is 0 Å². The Bertz CT molecular complexity index is 704. The van der Waals surface area contributed by atoms with Gasteiger partial charge in [0, 0.05) is 21.8 Å². The van der Waals surface area contributed by atoms with Crippen LogP contribution in [0.2, 0.25) is 0 Å². The van der Waals surface area contributed by atoms with Gasteiger partial charge in [-0.25, -0.2) is 0 Å². The molecule has 1 N–H and O–H groups in total. The quantitative estimate of drug-likeness (QED) is 0.645. The van der Waals surface area contributed by atoms with Crippen molar-refractivity contribution in [2.75, 3.05) is 0 Å². The van der Waals surface area contributed by atoms with Gasteiger partial charge in [0.1, 0.15) is 0 Å². The molecular formula is C17H19N. The van der Waals surface area contributed by atoms with E-state index in [-0.39, 0.29) is 5.41 Å². The number of rotatable bonds is 2. The average molecular weight is 237 g/mol. The molecule has 0 saturated heterocycles. The highest BCUT2D eigenvalue weighted by Gasteiger charge is 2.18. The van der Waals surface area contributed by atoms with Crippen LogP contribution < -0.4 is 0 Å².